The third kappa shape index (κ3) is 33.8. The van der Waals surface area contributed by atoms with Crippen molar-refractivity contribution in [3.05, 3.63) is 42.0 Å². The van der Waals surface area contributed by atoms with Gasteiger partial charge in [0.25, 0.3) is 10.1 Å². The first-order valence-corrected chi connectivity index (χ1v) is 49.5. The topological polar surface area (TPSA) is 147 Å². The highest BCUT2D eigenvalue weighted by atomic mass is 32.2. The van der Waals surface area contributed by atoms with Crippen LogP contribution in [-0.2, 0) is 56.0 Å². The summed E-state index contributed by atoms with van der Waals surface area (Å²) in [6.45, 7) is 54.4. The Kier molecular flexibility index (Phi) is 36.5. The number of hydrogen-bond acceptors (Lipinski definition) is 13. The van der Waals surface area contributed by atoms with Crippen molar-refractivity contribution in [1.29, 1.82) is 0 Å². The van der Waals surface area contributed by atoms with E-state index in [1.165, 1.54) is 0 Å². The average molecular weight is 1280 g/mol. The number of allylic oxidation sites excluding steroid dienone is 1. The molecule has 1 rings (SSSR count). The molecule has 83 heavy (non-hydrogen) atoms. The number of hydrogen-bond donors (Lipinski definition) is 1. The van der Waals surface area contributed by atoms with Crippen molar-refractivity contribution in [2.24, 2.45) is 0 Å². The van der Waals surface area contributed by atoms with Gasteiger partial charge in [0.2, 0.25) is 0 Å². The van der Waals surface area contributed by atoms with Crippen molar-refractivity contribution >= 4 is 51.2 Å². The molecule has 0 saturated carbocycles. The highest BCUT2D eigenvalue weighted by Crippen LogP contribution is 2.43. The molecule has 0 saturated heterocycles. The zero-order chi connectivity index (χ0) is 63.6. The van der Waals surface area contributed by atoms with Gasteiger partial charge in [-0.1, -0.05) is 164 Å². The molecule has 0 aliphatic rings. The zero-order valence-electron chi connectivity index (χ0n) is 57.8. The van der Waals surface area contributed by atoms with Crippen molar-refractivity contribution in [2.45, 2.75) is 319 Å². The van der Waals surface area contributed by atoms with Gasteiger partial charge in [-0.25, -0.2) is 0 Å². The monoisotopic (exact) mass is 1280 g/mol. The van der Waals surface area contributed by atoms with E-state index in [1.54, 1.807) is 31.4 Å². The Bertz CT molecular complexity index is 2010. The third-order valence-corrected chi connectivity index (χ3v) is 35.7. The molecule has 1 N–H and O–H groups in total. The van der Waals surface area contributed by atoms with E-state index in [9.17, 15) is 13.5 Å². The van der Waals surface area contributed by atoms with Crippen LogP contribution in [0.15, 0.2) is 41.3 Å². The fraction of sp³-hybridized carbons (Fsp3) is 0.875. The molecule has 19 heteroatoms. The van der Waals surface area contributed by atoms with Gasteiger partial charge in [-0.2, -0.15) is 8.42 Å². The minimum absolute atomic E-state index is 0.0238. The summed E-state index contributed by atoms with van der Waals surface area (Å²) in [5.74, 6) is 0. The summed E-state index contributed by atoms with van der Waals surface area (Å²) in [5, 5.41) is 12.0. The molecule has 0 heterocycles. The minimum Gasteiger partial charge on any atom is -0.417 e. The normalized spacial score (nSPS) is 16.5. The van der Waals surface area contributed by atoms with E-state index in [0.717, 1.165) is 82.0 Å². The Hall–Kier alpha value is -0.446. The first-order valence-electron chi connectivity index (χ1n) is 31.9. The SMILES string of the molecule is CCCC[C@@H](CCC/C=C/[C@H](OCOC)[C@H](O)CC[C@H](O[Si](C)(C)C(C)(C)C)[C@H](CC[C@@H](OS(=O)(=O)c1ccc(C)cc1)[C@H](CCCCCO[Si](C)(C)C(C)(C)C)OCOCC[Si](C)(C)C)O[Si](C)(C)C(C)(C)C)OCOCC[Si](C)(C)C. The van der Waals surface area contributed by atoms with Crippen LogP contribution in [0.3, 0.4) is 0 Å². The van der Waals surface area contributed by atoms with Gasteiger partial charge in [-0.15, -0.1) is 0 Å². The average Bonchev–Trinajstić information content (AvgIpc) is 3.48. The Morgan fingerprint density at radius 2 is 1.04 bits per heavy atom. The summed E-state index contributed by atoms with van der Waals surface area (Å²) in [6, 6.07) is 8.93. The number of aliphatic hydroxyl groups excluding tert-OH is 1. The largest absolute Gasteiger partial charge is 0.417 e. The van der Waals surface area contributed by atoms with Gasteiger partial charge in [-0.3, -0.25) is 4.18 Å². The third-order valence-electron chi connectivity index (χ3n) is 17.4. The molecule has 0 amide bonds. The zero-order valence-corrected chi connectivity index (χ0v) is 63.6. The predicted molar refractivity (Wildman–Crippen MR) is 360 cm³/mol. The number of ether oxygens (including phenoxy) is 6. The molecule has 7 atom stereocenters. The first kappa shape index (κ1) is 80.6. The van der Waals surface area contributed by atoms with E-state index in [0.29, 0.717) is 52.1 Å². The van der Waals surface area contributed by atoms with Gasteiger partial charge < -0.3 is 46.8 Å². The van der Waals surface area contributed by atoms with E-state index in [4.69, 9.17) is 45.9 Å². The van der Waals surface area contributed by atoms with E-state index in [-0.39, 0.29) is 39.7 Å². The molecular weight excluding hydrogens is 1150 g/mol. The second-order valence-electron chi connectivity index (χ2n) is 30.6. The standard InChI is InChI=1S/C64H130O13SSi5/c1-25-26-33-54(71-51-69-46-48-79(13,14)15)34-29-27-30-35-57(72-50-68-12)56(65)41-42-60(76-82(21,22)63(6,7)8)61(77-83(23,24)64(9,10)11)44-43-59(75-78(66,67)55-39-37-53(2)38-40-55)58(73-52-70-47-49-80(16,17)18)36-31-28-32-45-74-81(19,20)62(3,4)5/h30,35,37-40,54,56-61,65H,25-29,31-34,36,41-52H2,1-24H3/b35-30+/t54-,56+,57-,58-,59+,60-,61-/m0/s1. The molecule has 1 aromatic rings. The molecular formula is C64H130O13SSi5. The van der Waals surface area contributed by atoms with Crippen LogP contribution >= 0.6 is 0 Å². The Labute approximate surface area is 516 Å². The van der Waals surface area contributed by atoms with E-state index >= 15 is 0 Å². The van der Waals surface area contributed by atoms with Crippen LogP contribution in [0.1, 0.15) is 165 Å². The van der Waals surface area contributed by atoms with Crippen molar-refractivity contribution in [3.8, 4) is 0 Å². The van der Waals surface area contributed by atoms with Gasteiger partial charge in [0.15, 0.2) is 25.0 Å². The summed E-state index contributed by atoms with van der Waals surface area (Å²) in [6.07, 6.45) is 10.9. The number of rotatable bonds is 46. The van der Waals surface area contributed by atoms with Crippen LogP contribution < -0.4 is 0 Å². The van der Waals surface area contributed by atoms with Crippen LogP contribution in [0.2, 0.25) is 106 Å². The second kappa shape index (κ2) is 37.7. The fourth-order valence-electron chi connectivity index (χ4n) is 8.38. The summed E-state index contributed by atoms with van der Waals surface area (Å²) >= 11 is 0. The maximum absolute atomic E-state index is 14.5. The van der Waals surface area contributed by atoms with Gasteiger partial charge in [0, 0.05) is 43.1 Å². The van der Waals surface area contributed by atoms with Crippen LogP contribution in [0, 0.1) is 6.92 Å². The molecule has 0 unspecified atom stereocenters. The lowest BCUT2D eigenvalue weighted by Crippen LogP contribution is -2.52. The van der Waals surface area contributed by atoms with Crippen LogP contribution in [0.5, 0.6) is 0 Å². The molecule has 0 aliphatic carbocycles. The number of aliphatic hydroxyl groups is 1. The number of unbranched alkanes of at least 4 members (excludes halogenated alkanes) is 4. The van der Waals surface area contributed by atoms with Crippen molar-refractivity contribution < 1.29 is 59.4 Å². The number of benzene rings is 1. The molecule has 0 radical (unpaired) electrons. The Morgan fingerprint density at radius 1 is 0.542 bits per heavy atom. The number of aryl methyl sites for hydroxylation is 1. The van der Waals surface area contributed by atoms with E-state index in [1.807, 2.05) is 13.0 Å². The van der Waals surface area contributed by atoms with Crippen molar-refractivity contribution in [1.82, 2.24) is 0 Å². The van der Waals surface area contributed by atoms with Gasteiger partial charge in [0.05, 0.1) is 35.4 Å². The summed E-state index contributed by atoms with van der Waals surface area (Å²) < 4.78 is 93.7. The van der Waals surface area contributed by atoms with Crippen LogP contribution in [0.4, 0.5) is 0 Å². The summed E-state index contributed by atoms with van der Waals surface area (Å²) in [4.78, 5) is 0.0984. The van der Waals surface area contributed by atoms with Crippen LogP contribution in [0.25, 0.3) is 0 Å². The van der Waals surface area contributed by atoms with Gasteiger partial charge in [-0.05, 0) is 150 Å². The lowest BCUT2D eigenvalue weighted by Gasteiger charge is -2.45. The number of methoxy groups -OCH3 is 1. The molecule has 0 aromatic heterocycles. The van der Waals surface area contributed by atoms with E-state index < -0.39 is 87.8 Å². The maximum atomic E-state index is 14.5. The van der Waals surface area contributed by atoms with Gasteiger partial charge in [0.1, 0.15) is 32.6 Å². The van der Waals surface area contributed by atoms with Crippen molar-refractivity contribution in [3.63, 3.8) is 0 Å². The molecule has 13 nitrogen and oxygen atoms in total. The lowest BCUT2D eigenvalue weighted by molar-refractivity contribution is -0.122. The summed E-state index contributed by atoms with van der Waals surface area (Å²) in [7, 11) is -12.2. The minimum atomic E-state index is -4.25. The summed E-state index contributed by atoms with van der Waals surface area (Å²) in [5.41, 5.74) is 0.952. The molecule has 490 valence electrons. The van der Waals surface area contributed by atoms with E-state index in [2.05, 4.69) is 154 Å². The van der Waals surface area contributed by atoms with Crippen LogP contribution in [-0.4, -0.2) is 145 Å². The Balaban J connectivity index is 3.81. The smallest absolute Gasteiger partial charge is 0.297 e. The highest BCUT2D eigenvalue weighted by molar-refractivity contribution is 7.86. The predicted octanol–water partition coefficient (Wildman–Crippen LogP) is 17.7. The molecule has 0 spiro atoms. The van der Waals surface area contributed by atoms with Gasteiger partial charge >= 0.3 is 0 Å². The molecule has 0 aliphatic heterocycles. The maximum Gasteiger partial charge on any atom is 0.297 e. The molecule has 0 bridgehead atoms. The highest BCUT2D eigenvalue weighted by Gasteiger charge is 2.46. The quantitative estimate of drug-likeness (QED) is 0.0217. The molecule has 0 fully saturated rings. The fourth-order valence-corrected chi connectivity index (χ4v) is 14.9. The second-order valence-corrected chi connectivity index (χ2v) is 57.8. The Morgan fingerprint density at radius 3 is 1.53 bits per heavy atom. The first-order chi connectivity index (χ1) is 38.1. The lowest BCUT2D eigenvalue weighted by atomic mass is 9.96. The molecule has 1 aromatic carbocycles. The van der Waals surface area contributed by atoms with Crippen molar-refractivity contribution in [2.75, 3.05) is 47.3 Å².